The number of rotatable bonds is 2. The molecule has 0 radical (unpaired) electrons. The molecule has 1 aromatic heterocycles. The van der Waals surface area contributed by atoms with Crippen LogP contribution in [0.3, 0.4) is 0 Å². The molecule has 0 spiro atoms. The number of H-pyrrole nitrogens is 1. The summed E-state index contributed by atoms with van der Waals surface area (Å²) in [6, 6.07) is 1.40. The SMILES string of the molecule is O=[N+]([O-])c1cc[nH]c1.OC[C@H]1O[C@@H](O)[C@H](O)[C@@H]1O. The van der Waals surface area contributed by atoms with Crippen molar-refractivity contribution in [1.29, 1.82) is 0 Å². The largest absolute Gasteiger partial charge is 0.394 e. The van der Waals surface area contributed by atoms with E-state index < -0.39 is 36.1 Å². The zero-order valence-corrected chi connectivity index (χ0v) is 9.21. The number of hydrogen-bond acceptors (Lipinski definition) is 7. The van der Waals surface area contributed by atoms with Crippen LogP contribution < -0.4 is 0 Å². The van der Waals surface area contributed by atoms with Crippen LogP contribution in [0.2, 0.25) is 0 Å². The van der Waals surface area contributed by atoms with Gasteiger partial charge in [0.25, 0.3) is 5.69 Å². The average Bonchev–Trinajstić information content (AvgIpc) is 2.95. The first-order chi connectivity index (χ1) is 8.47. The molecule has 0 amide bonds. The molecule has 0 aromatic carbocycles. The second-order valence-electron chi connectivity index (χ2n) is 3.56. The normalized spacial score (nSPS) is 30.7. The number of aliphatic hydroxyl groups excluding tert-OH is 4. The lowest BCUT2D eigenvalue weighted by Gasteiger charge is -2.09. The second kappa shape index (κ2) is 6.42. The van der Waals surface area contributed by atoms with Gasteiger partial charge in [0.2, 0.25) is 0 Å². The third-order valence-electron chi connectivity index (χ3n) is 2.31. The summed E-state index contributed by atoms with van der Waals surface area (Å²) in [5, 5.41) is 44.8. The number of nitro groups is 1. The molecular weight excluding hydrogens is 248 g/mol. The summed E-state index contributed by atoms with van der Waals surface area (Å²) < 4.78 is 4.54. The van der Waals surface area contributed by atoms with E-state index in [4.69, 9.17) is 20.4 Å². The highest BCUT2D eigenvalue weighted by atomic mass is 16.6. The van der Waals surface area contributed by atoms with Gasteiger partial charge in [-0.2, -0.15) is 0 Å². The Bertz CT molecular complexity index is 369. The lowest BCUT2D eigenvalue weighted by Crippen LogP contribution is -2.33. The van der Waals surface area contributed by atoms with E-state index in [0.29, 0.717) is 0 Å². The molecule has 9 heteroatoms. The van der Waals surface area contributed by atoms with E-state index in [-0.39, 0.29) is 5.69 Å². The lowest BCUT2D eigenvalue weighted by molar-refractivity contribution is -0.384. The van der Waals surface area contributed by atoms with E-state index in [2.05, 4.69) is 9.72 Å². The lowest BCUT2D eigenvalue weighted by atomic mass is 10.1. The molecule has 0 unspecified atom stereocenters. The van der Waals surface area contributed by atoms with Crippen molar-refractivity contribution in [3.8, 4) is 0 Å². The number of aromatic nitrogens is 1. The van der Waals surface area contributed by atoms with Crippen molar-refractivity contribution in [3.05, 3.63) is 28.6 Å². The maximum atomic E-state index is 9.85. The smallest absolute Gasteiger partial charge is 0.286 e. The van der Waals surface area contributed by atoms with E-state index in [1.54, 1.807) is 0 Å². The fraction of sp³-hybridized carbons (Fsp3) is 0.556. The second-order valence-corrected chi connectivity index (χ2v) is 3.56. The highest BCUT2D eigenvalue weighted by molar-refractivity contribution is 5.23. The van der Waals surface area contributed by atoms with Gasteiger partial charge >= 0.3 is 0 Å². The summed E-state index contributed by atoms with van der Waals surface area (Å²) >= 11 is 0. The van der Waals surface area contributed by atoms with Crippen molar-refractivity contribution < 1.29 is 30.1 Å². The summed E-state index contributed by atoms with van der Waals surface area (Å²) in [6.07, 6.45) is -1.91. The Kier molecular flexibility index (Phi) is 5.19. The van der Waals surface area contributed by atoms with Crippen LogP contribution in [0.15, 0.2) is 18.5 Å². The van der Waals surface area contributed by atoms with Gasteiger partial charge in [0.1, 0.15) is 18.3 Å². The zero-order chi connectivity index (χ0) is 13.7. The first kappa shape index (κ1) is 14.5. The highest BCUT2D eigenvalue weighted by Gasteiger charge is 2.41. The van der Waals surface area contributed by atoms with Gasteiger partial charge in [0.15, 0.2) is 6.29 Å². The van der Waals surface area contributed by atoms with E-state index in [9.17, 15) is 10.1 Å². The van der Waals surface area contributed by atoms with Gasteiger partial charge in [-0.05, 0) is 0 Å². The number of hydrogen-bond donors (Lipinski definition) is 5. The molecule has 1 fully saturated rings. The van der Waals surface area contributed by atoms with Gasteiger partial charge in [-0.3, -0.25) is 10.1 Å². The van der Waals surface area contributed by atoms with Gasteiger partial charge in [0.05, 0.1) is 17.7 Å². The predicted molar refractivity (Wildman–Crippen MR) is 57.4 cm³/mol. The third-order valence-corrected chi connectivity index (χ3v) is 2.31. The van der Waals surface area contributed by atoms with Gasteiger partial charge in [-0.1, -0.05) is 0 Å². The van der Waals surface area contributed by atoms with E-state index in [1.807, 2.05) is 0 Å². The third kappa shape index (κ3) is 3.48. The molecule has 1 aliphatic rings. The van der Waals surface area contributed by atoms with Gasteiger partial charge in [0, 0.05) is 12.3 Å². The Balaban J connectivity index is 0.000000184. The van der Waals surface area contributed by atoms with Crippen LogP contribution in [-0.2, 0) is 4.74 Å². The monoisotopic (exact) mass is 262 g/mol. The number of ether oxygens (including phenoxy) is 1. The molecule has 102 valence electrons. The Morgan fingerprint density at radius 2 is 2.06 bits per heavy atom. The molecule has 9 nitrogen and oxygen atoms in total. The van der Waals surface area contributed by atoms with E-state index in [1.165, 1.54) is 18.5 Å². The molecule has 0 bridgehead atoms. The predicted octanol–water partition coefficient (Wildman–Crippen LogP) is -1.66. The minimum atomic E-state index is -1.38. The first-order valence-corrected chi connectivity index (χ1v) is 5.05. The standard InChI is InChI=1S/C5H10O5.C4H4N2O2/c6-1-2-3(7)4(8)5(9)10-2;7-6(8)4-1-2-5-3-4/h2-9H,1H2;1-3,5H/t2-,3-,4-,5-;/m1./s1. The summed E-state index contributed by atoms with van der Waals surface area (Å²) in [5.74, 6) is 0. The molecule has 1 aliphatic heterocycles. The van der Waals surface area contributed by atoms with Crippen LogP contribution in [0, 0.1) is 10.1 Å². The molecule has 18 heavy (non-hydrogen) atoms. The Morgan fingerprint density at radius 1 is 1.39 bits per heavy atom. The van der Waals surface area contributed by atoms with Crippen LogP contribution in [0.1, 0.15) is 0 Å². The van der Waals surface area contributed by atoms with Crippen molar-refractivity contribution in [2.75, 3.05) is 6.61 Å². The summed E-state index contributed by atoms with van der Waals surface area (Å²) in [7, 11) is 0. The van der Waals surface area contributed by atoms with Crippen molar-refractivity contribution in [3.63, 3.8) is 0 Å². The molecule has 2 heterocycles. The molecule has 0 saturated carbocycles. The molecule has 2 rings (SSSR count). The van der Waals surface area contributed by atoms with Crippen LogP contribution in [0.4, 0.5) is 5.69 Å². The number of nitrogens with zero attached hydrogens (tertiary/aromatic N) is 1. The van der Waals surface area contributed by atoms with Gasteiger partial charge < -0.3 is 30.1 Å². The molecule has 1 aromatic rings. The highest BCUT2D eigenvalue weighted by Crippen LogP contribution is 2.18. The van der Waals surface area contributed by atoms with Crippen molar-refractivity contribution in [1.82, 2.24) is 4.98 Å². The molecule has 0 aliphatic carbocycles. The quantitative estimate of drug-likeness (QED) is 0.316. The maximum Gasteiger partial charge on any atom is 0.286 e. The minimum absolute atomic E-state index is 0.102. The zero-order valence-electron chi connectivity index (χ0n) is 9.21. The number of aliphatic hydroxyl groups is 4. The van der Waals surface area contributed by atoms with Gasteiger partial charge in [-0.15, -0.1) is 0 Å². The topological polar surface area (TPSA) is 149 Å². The van der Waals surface area contributed by atoms with Crippen molar-refractivity contribution in [2.45, 2.75) is 24.6 Å². The van der Waals surface area contributed by atoms with Crippen LogP contribution in [0.5, 0.6) is 0 Å². The molecule has 5 N–H and O–H groups in total. The summed E-state index contributed by atoms with van der Waals surface area (Å²) in [6.45, 7) is -0.407. The maximum absolute atomic E-state index is 9.85. The van der Waals surface area contributed by atoms with Crippen molar-refractivity contribution in [2.24, 2.45) is 0 Å². The molecule has 4 atom stereocenters. The number of nitrogens with one attached hydrogen (secondary N) is 1. The fourth-order valence-corrected chi connectivity index (χ4v) is 1.31. The van der Waals surface area contributed by atoms with Crippen LogP contribution in [-0.4, -0.2) is 61.5 Å². The van der Waals surface area contributed by atoms with Crippen LogP contribution in [0.25, 0.3) is 0 Å². The molecule has 1 saturated heterocycles. The minimum Gasteiger partial charge on any atom is -0.394 e. The Labute approximate surface area is 101 Å². The summed E-state index contributed by atoms with van der Waals surface area (Å²) in [5.41, 5.74) is 0.102. The van der Waals surface area contributed by atoms with Crippen molar-refractivity contribution >= 4 is 5.69 Å². The van der Waals surface area contributed by atoms with E-state index >= 15 is 0 Å². The fourth-order valence-electron chi connectivity index (χ4n) is 1.31. The van der Waals surface area contributed by atoms with Crippen LogP contribution >= 0.6 is 0 Å². The molecular formula is C9H14N2O7. The summed E-state index contributed by atoms with van der Waals surface area (Å²) in [4.78, 5) is 12.0. The Morgan fingerprint density at radius 3 is 2.28 bits per heavy atom. The first-order valence-electron chi connectivity index (χ1n) is 5.05. The van der Waals surface area contributed by atoms with E-state index in [0.717, 1.165) is 0 Å². The average molecular weight is 262 g/mol. The Hall–Kier alpha value is -1.52. The number of aromatic amines is 1. The van der Waals surface area contributed by atoms with Gasteiger partial charge in [-0.25, -0.2) is 0 Å².